The molecule has 0 aromatic heterocycles. The van der Waals surface area contributed by atoms with Gasteiger partial charge in [-0.3, -0.25) is 4.18 Å². The van der Waals surface area contributed by atoms with Gasteiger partial charge in [0.1, 0.15) is 0 Å². The molecule has 0 N–H and O–H groups in total. The predicted octanol–water partition coefficient (Wildman–Crippen LogP) is 1.81. The van der Waals surface area contributed by atoms with Crippen molar-refractivity contribution in [2.75, 3.05) is 26.1 Å². The largest absolute Gasteiger partial charge is 0.381 e. The standard InChI is InChI=1S/C10H22O4S/c1-4-10(2)9-13-7-5-6-8-14-15(3,11)12/h10H,4-9H2,1-3H3/t10-/m0/s1. The third-order valence-electron chi connectivity index (χ3n) is 2.08. The summed E-state index contributed by atoms with van der Waals surface area (Å²) in [7, 11) is -3.28. The Morgan fingerprint density at radius 3 is 2.33 bits per heavy atom. The molecule has 1 atom stereocenters. The minimum Gasteiger partial charge on any atom is -0.381 e. The summed E-state index contributed by atoms with van der Waals surface area (Å²) in [6.07, 6.45) is 3.74. The van der Waals surface area contributed by atoms with Crippen LogP contribution in [-0.4, -0.2) is 34.5 Å². The first-order chi connectivity index (χ1) is 6.95. The maximum atomic E-state index is 10.6. The quantitative estimate of drug-likeness (QED) is 0.454. The normalized spacial score (nSPS) is 14.1. The molecule has 0 heterocycles. The predicted molar refractivity (Wildman–Crippen MR) is 60.3 cm³/mol. The Bertz CT molecular complexity index is 236. The fraction of sp³-hybridized carbons (Fsp3) is 1.00. The van der Waals surface area contributed by atoms with Crippen molar-refractivity contribution in [3.63, 3.8) is 0 Å². The number of hydrogen-bond acceptors (Lipinski definition) is 4. The Hall–Kier alpha value is -0.130. The highest BCUT2D eigenvalue weighted by atomic mass is 32.2. The summed E-state index contributed by atoms with van der Waals surface area (Å²) < 4.78 is 31.2. The van der Waals surface area contributed by atoms with E-state index in [4.69, 9.17) is 4.74 Å². The van der Waals surface area contributed by atoms with Gasteiger partial charge < -0.3 is 4.74 Å². The lowest BCUT2D eigenvalue weighted by Crippen LogP contribution is -2.07. The van der Waals surface area contributed by atoms with E-state index in [2.05, 4.69) is 18.0 Å². The lowest BCUT2D eigenvalue weighted by Gasteiger charge is -2.08. The van der Waals surface area contributed by atoms with Gasteiger partial charge >= 0.3 is 0 Å². The summed E-state index contributed by atoms with van der Waals surface area (Å²) in [6.45, 7) is 5.99. The SMILES string of the molecule is CC[C@H](C)COCCCCOS(C)(=O)=O. The van der Waals surface area contributed by atoms with E-state index in [1.165, 1.54) is 0 Å². The third kappa shape index (κ3) is 11.8. The maximum Gasteiger partial charge on any atom is 0.264 e. The van der Waals surface area contributed by atoms with Crippen molar-refractivity contribution < 1.29 is 17.3 Å². The van der Waals surface area contributed by atoms with Crippen LogP contribution in [0.2, 0.25) is 0 Å². The van der Waals surface area contributed by atoms with Gasteiger partial charge in [-0.15, -0.1) is 0 Å². The summed E-state index contributed by atoms with van der Waals surface area (Å²) in [5, 5.41) is 0. The molecule has 0 spiro atoms. The van der Waals surface area contributed by atoms with Crippen molar-refractivity contribution in [3.05, 3.63) is 0 Å². The number of unbranched alkanes of at least 4 members (excludes halogenated alkanes) is 1. The number of rotatable bonds is 9. The van der Waals surface area contributed by atoms with Crippen molar-refractivity contribution in [2.45, 2.75) is 33.1 Å². The van der Waals surface area contributed by atoms with Gasteiger partial charge in [0.05, 0.1) is 12.9 Å². The lowest BCUT2D eigenvalue weighted by atomic mass is 10.1. The van der Waals surface area contributed by atoms with Gasteiger partial charge in [0.15, 0.2) is 0 Å². The van der Waals surface area contributed by atoms with E-state index >= 15 is 0 Å². The molecule has 15 heavy (non-hydrogen) atoms. The van der Waals surface area contributed by atoms with Crippen LogP contribution in [0, 0.1) is 5.92 Å². The zero-order valence-corrected chi connectivity index (χ0v) is 10.7. The minimum absolute atomic E-state index is 0.255. The fourth-order valence-electron chi connectivity index (χ4n) is 0.919. The van der Waals surface area contributed by atoms with Crippen LogP contribution in [0.5, 0.6) is 0 Å². The van der Waals surface area contributed by atoms with Crippen molar-refractivity contribution in [1.29, 1.82) is 0 Å². The van der Waals surface area contributed by atoms with Crippen LogP contribution in [0.3, 0.4) is 0 Å². The molecular weight excluding hydrogens is 216 g/mol. The van der Waals surface area contributed by atoms with Crippen molar-refractivity contribution in [1.82, 2.24) is 0 Å². The van der Waals surface area contributed by atoms with E-state index in [0.717, 1.165) is 25.7 Å². The highest BCUT2D eigenvalue weighted by Crippen LogP contribution is 2.01. The molecule has 5 heteroatoms. The second kappa shape index (κ2) is 8.07. The zero-order valence-electron chi connectivity index (χ0n) is 9.86. The molecule has 0 amide bonds. The topological polar surface area (TPSA) is 52.6 Å². The molecule has 92 valence electrons. The Morgan fingerprint density at radius 1 is 1.20 bits per heavy atom. The molecule has 0 fully saturated rings. The van der Waals surface area contributed by atoms with E-state index < -0.39 is 10.1 Å². The van der Waals surface area contributed by atoms with Gasteiger partial charge in [0, 0.05) is 13.2 Å². The van der Waals surface area contributed by atoms with Crippen LogP contribution in [0.1, 0.15) is 33.1 Å². The van der Waals surface area contributed by atoms with Crippen molar-refractivity contribution in [2.24, 2.45) is 5.92 Å². The van der Waals surface area contributed by atoms with Gasteiger partial charge in [-0.2, -0.15) is 8.42 Å². The summed E-state index contributed by atoms with van der Waals surface area (Å²) in [5.74, 6) is 0.595. The highest BCUT2D eigenvalue weighted by molar-refractivity contribution is 7.85. The average molecular weight is 238 g/mol. The molecule has 0 unspecified atom stereocenters. The van der Waals surface area contributed by atoms with Crippen LogP contribution in [-0.2, 0) is 19.0 Å². The molecule has 0 saturated heterocycles. The van der Waals surface area contributed by atoms with Crippen molar-refractivity contribution >= 4 is 10.1 Å². The highest BCUT2D eigenvalue weighted by Gasteiger charge is 2.01. The molecule has 0 rings (SSSR count). The van der Waals surface area contributed by atoms with E-state index in [0.29, 0.717) is 18.9 Å². The molecule has 4 nitrogen and oxygen atoms in total. The molecule has 0 aromatic carbocycles. The van der Waals surface area contributed by atoms with E-state index in [9.17, 15) is 8.42 Å². The summed E-state index contributed by atoms with van der Waals surface area (Å²) in [6, 6.07) is 0. The molecule has 0 aliphatic carbocycles. The van der Waals surface area contributed by atoms with Crippen LogP contribution in [0.4, 0.5) is 0 Å². The Morgan fingerprint density at radius 2 is 1.80 bits per heavy atom. The Kier molecular flexibility index (Phi) is 8.00. The van der Waals surface area contributed by atoms with E-state index in [-0.39, 0.29) is 6.61 Å². The van der Waals surface area contributed by atoms with Crippen LogP contribution in [0.25, 0.3) is 0 Å². The molecule has 0 radical (unpaired) electrons. The first-order valence-corrected chi connectivity index (χ1v) is 7.19. The van der Waals surface area contributed by atoms with Gasteiger partial charge in [0.2, 0.25) is 0 Å². The Labute approximate surface area is 93.1 Å². The second-order valence-electron chi connectivity index (χ2n) is 3.82. The Balaban J connectivity index is 3.19. The molecule has 0 aliphatic heterocycles. The maximum absolute atomic E-state index is 10.6. The molecule has 0 aromatic rings. The van der Waals surface area contributed by atoms with Crippen molar-refractivity contribution in [3.8, 4) is 0 Å². The first kappa shape index (κ1) is 14.9. The first-order valence-electron chi connectivity index (χ1n) is 5.38. The van der Waals surface area contributed by atoms with Crippen LogP contribution < -0.4 is 0 Å². The monoisotopic (exact) mass is 238 g/mol. The van der Waals surface area contributed by atoms with Gasteiger partial charge in [-0.25, -0.2) is 0 Å². The van der Waals surface area contributed by atoms with Crippen LogP contribution in [0.15, 0.2) is 0 Å². The summed E-state index contributed by atoms with van der Waals surface area (Å²) in [4.78, 5) is 0. The smallest absolute Gasteiger partial charge is 0.264 e. The lowest BCUT2D eigenvalue weighted by molar-refractivity contribution is 0.0979. The van der Waals surface area contributed by atoms with Gasteiger partial charge in [-0.1, -0.05) is 20.3 Å². The fourth-order valence-corrected chi connectivity index (χ4v) is 1.34. The number of hydrogen-bond donors (Lipinski definition) is 0. The zero-order chi connectivity index (χ0) is 11.7. The third-order valence-corrected chi connectivity index (χ3v) is 2.67. The number of ether oxygens (including phenoxy) is 1. The second-order valence-corrected chi connectivity index (χ2v) is 5.47. The average Bonchev–Trinajstić information content (AvgIpc) is 2.14. The molecule has 0 bridgehead atoms. The molecule has 0 saturated carbocycles. The van der Waals surface area contributed by atoms with E-state index in [1.54, 1.807) is 0 Å². The summed E-state index contributed by atoms with van der Waals surface area (Å²) >= 11 is 0. The van der Waals surface area contributed by atoms with E-state index in [1.807, 2.05) is 0 Å². The van der Waals surface area contributed by atoms with Crippen LogP contribution >= 0.6 is 0 Å². The summed E-state index contributed by atoms with van der Waals surface area (Å²) in [5.41, 5.74) is 0. The van der Waals surface area contributed by atoms with Gasteiger partial charge in [0.25, 0.3) is 10.1 Å². The molecule has 0 aliphatic rings. The molecular formula is C10H22O4S. The minimum atomic E-state index is -3.28. The van der Waals surface area contributed by atoms with Gasteiger partial charge in [-0.05, 0) is 18.8 Å².